The van der Waals surface area contributed by atoms with E-state index >= 15 is 0 Å². The summed E-state index contributed by atoms with van der Waals surface area (Å²) in [5.41, 5.74) is 0.929. The molecule has 0 aromatic rings. The smallest absolute Gasteiger partial charge is 0.187 e. The van der Waals surface area contributed by atoms with Crippen molar-refractivity contribution in [1.82, 2.24) is 0 Å². The van der Waals surface area contributed by atoms with Crippen LogP contribution in [0.3, 0.4) is 0 Å². The first-order valence-corrected chi connectivity index (χ1v) is 23.8. The third kappa shape index (κ3) is 27.1. The molecule has 0 spiro atoms. The van der Waals surface area contributed by atoms with Crippen molar-refractivity contribution in [1.29, 1.82) is 0 Å². The first kappa shape index (κ1) is 58.5. The van der Waals surface area contributed by atoms with Gasteiger partial charge in [0.2, 0.25) is 0 Å². The van der Waals surface area contributed by atoms with Crippen LogP contribution in [0.4, 0.5) is 0 Å². The maximum Gasteiger partial charge on any atom is 0.187 e. The van der Waals surface area contributed by atoms with E-state index in [2.05, 4.69) is 45.9 Å². The fourth-order valence-electron chi connectivity index (χ4n) is 8.33. The molecule has 11 nitrogen and oxygen atoms in total. The van der Waals surface area contributed by atoms with Gasteiger partial charge < -0.3 is 55.4 Å². The van der Waals surface area contributed by atoms with Gasteiger partial charge in [-0.1, -0.05) is 46.6 Å². The first-order chi connectivity index (χ1) is 28.7. The summed E-state index contributed by atoms with van der Waals surface area (Å²) < 4.78 is 10.9. The van der Waals surface area contributed by atoms with Crippen LogP contribution in [-0.2, 0) is 9.47 Å². The van der Waals surface area contributed by atoms with Crippen LogP contribution < -0.4 is 0 Å². The molecule has 1 aliphatic rings. The van der Waals surface area contributed by atoms with Crippen LogP contribution in [0.25, 0.3) is 0 Å². The van der Waals surface area contributed by atoms with E-state index < -0.39 is 65.3 Å². The summed E-state index contributed by atoms with van der Waals surface area (Å²) in [6.45, 7) is 19.4. The van der Waals surface area contributed by atoms with Gasteiger partial charge >= 0.3 is 0 Å². The second-order valence-electron chi connectivity index (χ2n) is 20.8. The van der Waals surface area contributed by atoms with Crippen LogP contribution in [0.2, 0.25) is 0 Å². The third-order valence-corrected chi connectivity index (χ3v) is 12.8. The second kappa shape index (κ2) is 28.5. The number of allylic oxidation sites excluding steroid dienone is 7. The number of hydrogen-bond donors (Lipinski definition) is 9. The van der Waals surface area contributed by atoms with Gasteiger partial charge in [-0.3, -0.25) is 0 Å². The highest BCUT2D eigenvalue weighted by Crippen LogP contribution is 2.31. The maximum absolute atomic E-state index is 11.1. The largest absolute Gasteiger partial charge is 0.394 e. The minimum Gasteiger partial charge on any atom is -0.394 e. The molecule has 0 aliphatic carbocycles. The Morgan fingerprint density at radius 2 is 0.839 bits per heavy atom. The van der Waals surface area contributed by atoms with Crippen molar-refractivity contribution < 1.29 is 55.4 Å². The molecule has 0 amide bonds. The Labute approximate surface area is 377 Å². The number of aliphatic hydroxyl groups excluding tert-OH is 4. The van der Waals surface area contributed by atoms with Crippen LogP contribution in [0.1, 0.15) is 204 Å². The lowest BCUT2D eigenvalue weighted by molar-refractivity contribution is -0.298. The van der Waals surface area contributed by atoms with Crippen molar-refractivity contribution in [3.63, 3.8) is 0 Å². The van der Waals surface area contributed by atoms with E-state index in [9.17, 15) is 46.0 Å². The van der Waals surface area contributed by atoms with Gasteiger partial charge in [0.05, 0.1) is 41.2 Å². The predicted octanol–water partition coefficient (Wildman–Crippen LogP) is 8.56. The molecule has 62 heavy (non-hydrogen) atoms. The summed E-state index contributed by atoms with van der Waals surface area (Å²) in [7, 11) is 0. The highest BCUT2D eigenvalue weighted by Gasteiger charge is 2.44. The van der Waals surface area contributed by atoms with Gasteiger partial charge in [-0.2, -0.15) is 0 Å². The molecule has 1 heterocycles. The average Bonchev–Trinajstić information content (AvgIpc) is 3.13. The van der Waals surface area contributed by atoms with Gasteiger partial charge in [0.15, 0.2) is 6.29 Å². The fraction of sp³-hybridized carbons (Fsp3) is 0.843. The Morgan fingerprint density at radius 3 is 1.24 bits per heavy atom. The monoisotopic (exact) mass is 883 g/mol. The van der Waals surface area contributed by atoms with E-state index in [0.717, 1.165) is 63.4 Å². The zero-order valence-electron chi connectivity index (χ0n) is 40.8. The molecular weight excluding hydrogens is 789 g/mol. The van der Waals surface area contributed by atoms with Crippen molar-refractivity contribution >= 4 is 0 Å². The highest BCUT2D eigenvalue weighted by atomic mass is 16.7. The number of ether oxygens (including phenoxy) is 2. The average molecular weight is 883 g/mol. The van der Waals surface area contributed by atoms with Crippen LogP contribution in [0.5, 0.6) is 0 Å². The van der Waals surface area contributed by atoms with Crippen LogP contribution >= 0.6 is 0 Å². The maximum atomic E-state index is 11.1. The van der Waals surface area contributed by atoms with Gasteiger partial charge in [0.25, 0.3) is 0 Å². The van der Waals surface area contributed by atoms with E-state index in [-0.39, 0.29) is 6.61 Å². The standard InChI is InChI=1S/C51H94O11/c1-38(2)19-13-26-47(6,56)28-15-30-49(8,58)32-17-34-51(10,60)35-18-33-50(9,59)31-16-29-48(7,57)27-14-24-40(4)22-11-20-39(3)21-12-23-41(5)25-36-61-46-45(55)44(54)43(53)42(37-52)62-46/h19,21-22,25,42-46,52-60H,11-18,20,23-24,26-37H2,1-10H3/b39-21+,40-22+,41-25+/t42-,43-,44+,45-,46+,47+,48+,49+,50+,51-/m1/s1. The molecular formula is C51H94O11. The quantitative estimate of drug-likeness (QED) is 0.0286. The van der Waals surface area contributed by atoms with Gasteiger partial charge in [0.1, 0.15) is 24.4 Å². The van der Waals surface area contributed by atoms with Crippen molar-refractivity contribution in [2.75, 3.05) is 13.2 Å². The highest BCUT2D eigenvalue weighted by molar-refractivity contribution is 5.06. The van der Waals surface area contributed by atoms with E-state index in [0.29, 0.717) is 77.0 Å². The van der Waals surface area contributed by atoms with Gasteiger partial charge in [0, 0.05) is 0 Å². The van der Waals surface area contributed by atoms with E-state index in [4.69, 9.17) is 9.47 Å². The number of aliphatic hydroxyl groups is 9. The lowest BCUT2D eigenvalue weighted by atomic mass is 9.84. The van der Waals surface area contributed by atoms with Crippen molar-refractivity contribution in [3.05, 3.63) is 46.6 Å². The van der Waals surface area contributed by atoms with Gasteiger partial charge in [-0.15, -0.1) is 0 Å². The summed E-state index contributed by atoms with van der Waals surface area (Å²) in [6.07, 6.45) is 17.7. The molecule has 0 bridgehead atoms. The van der Waals surface area contributed by atoms with Crippen LogP contribution in [0, 0.1) is 0 Å². The molecule has 11 heteroatoms. The molecule has 10 atom stereocenters. The Morgan fingerprint density at radius 1 is 0.468 bits per heavy atom. The number of hydrogen-bond acceptors (Lipinski definition) is 11. The van der Waals surface area contributed by atoms with Gasteiger partial charge in [-0.25, -0.2) is 0 Å². The zero-order chi connectivity index (χ0) is 47.2. The molecule has 1 fully saturated rings. The zero-order valence-corrected chi connectivity index (χ0v) is 40.8. The molecule has 1 aliphatic heterocycles. The fourth-order valence-corrected chi connectivity index (χ4v) is 8.33. The lowest BCUT2D eigenvalue weighted by Crippen LogP contribution is -2.59. The summed E-state index contributed by atoms with van der Waals surface area (Å²) in [4.78, 5) is 0. The lowest BCUT2D eigenvalue weighted by Gasteiger charge is -2.39. The summed E-state index contributed by atoms with van der Waals surface area (Å²) in [5.74, 6) is 0. The topological polar surface area (TPSA) is 201 Å². The molecule has 0 saturated carbocycles. The molecule has 9 N–H and O–H groups in total. The molecule has 0 unspecified atom stereocenters. The summed E-state index contributed by atoms with van der Waals surface area (Å²) >= 11 is 0. The van der Waals surface area contributed by atoms with Crippen LogP contribution in [-0.4, -0.2) is 118 Å². The van der Waals surface area contributed by atoms with Crippen molar-refractivity contribution in [3.8, 4) is 0 Å². The Hall–Kier alpha value is -1.48. The van der Waals surface area contributed by atoms with Gasteiger partial charge in [-0.05, 0) is 204 Å². The SMILES string of the molecule is CC(C)=CCC[C@](C)(O)CCC[C@](C)(O)CCC[C@@](C)(O)CCC[C@@](C)(O)CCC[C@@](C)(O)CCC/C(C)=C/CC/C(C)=C/CC/C(C)=C/CO[C@H]1O[C@H](CO)[C@@H](O)[C@H](O)[C@H]1O. The first-order valence-electron chi connectivity index (χ1n) is 23.8. The predicted molar refractivity (Wildman–Crippen MR) is 250 cm³/mol. The van der Waals surface area contributed by atoms with Crippen molar-refractivity contribution in [2.24, 2.45) is 0 Å². The molecule has 0 radical (unpaired) electrons. The summed E-state index contributed by atoms with van der Waals surface area (Å²) in [6, 6.07) is 0. The molecule has 0 aromatic heterocycles. The minimum absolute atomic E-state index is 0.173. The second-order valence-corrected chi connectivity index (χ2v) is 20.8. The minimum atomic E-state index is -1.45. The number of rotatable bonds is 33. The molecule has 1 saturated heterocycles. The van der Waals surface area contributed by atoms with E-state index in [1.165, 1.54) is 16.7 Å². The van der Waals surface area contributed by atoms with E-state index in [1.54, 1.807) is 0 Å². The Kier molecular flexibility index (Phi) is 26.9. The third-order valence-electron chi connectivity index (χ3n) is 12.8. The molecule has 0 aromatic carbocycles. The van der Waals surface area contributed by atoms with E-state index in [1.807, 2.05) is 47.6 Å². The summed E-state index contributed by atoms with van der Waals surface area (Å²) in [5, 5.41) is 94.1. The normalized spacial score (nSPS) is 25.3. The Bertz CT molecular complexity index is 1350. The van der Waals surface area contributed by atoms with Crippen molar-refractivity contribution in [2.45, 2.75) is 263 Å². The van der Waals surface area contributed by atoms with Crippen LogP contribution in [0.15, 0.2) is 46.6 Å². The molecule has 364 valence electrons. The Balaban J connectivity index is 2.28. The molecule has 1 rings (SSSR count).